The van der Waals surface area contributed by atoms with Crippen LogP contribution in [0, 0.1) is 23.1 Å². The predicted molar refractivity (Wildman–Crippen MR) is 55.4 cm³/mol. The molecule has 3 heteroatoms. The van der Waals surface area contributed by atoms with Crippen LogP contribution in [-0.4, -0.2) is 5.11 Å². The summed E-state index contributed by atoms with van der Waals surface area (Å²) in [6, 6.07) is 8.03. The number of hydrogen-bond acceptors (Lipinski definition) is 2. The first-order valence-corrected chi connectivity index (χ1v) is 5.02. The maximum Gasteiger partial charge on any atom is 0.129 e. The Balaban J connectivity index is 2.88. The summed E-state index contributed by atoms with van der Waals surface area (Å²) in [5.74, 6) is -0.992. The molecule has 0 amide bonds. The van der Waals surface area contributed by atoms with Crippen LogP contribution in [0.1, 0.15) is 31.4 Å². The molecular weight excluding hydrogens is 193 g/mol. The third kappa shape index (κ3) is 2.77. The van der Waals surface area contributed by atoms with E-state index in [1.54, 1.807) is 12.1 Å². The molecule has 0 aliphatic carbocycles. The molecule has 0 aromatic heterocycles. The summed E-state index contributed by atoms with van der Waals surface area (Å²) < 4.78 is 13.3. The highest BCUT2D eigenvalue weighted by Crippen LogP contribution is 2.26. The van der Waals surface area contributed by atoms with Gasteiger partial charge in [-0.15, -0.1) is 0 Å². The molecule has 0 heterocycles. The number of aliphatic hydroxyl groups is 1. The average molecular weight is 207 g/mol. The van der Waals surface area contributed by atoms with Gasteiger partial charge in [0.2, 0.25) is 0 Å². The number of nitriles is 1. The second-order valence-electron chi connectivity index (χ2n) is 3.49. The molecule has 1 rings (SSSR count). The summed E-state index contributed by atoms with van der Waals surface area (Å²) >= 11 is 0. The minimum absolute atomic E-state index is 0.206. The highest BCUT2D eigenvalue weighted by molar-refractivity contribution is 5.21. The van der Waals surface area contributed by atoms with Gasteiger partial charge in [0.1, 0.15) is 5.82 Å². The largest absolute Gasteiger partial charge is 0.387 e. The van der Waals surface area contributed by atoms with Crippen molar-refractivity contribution in [1.29, 1.82) is 5.26 Å². The van der Waals surface area contributed by atoms with Crippen LogP contribution in [0.15, 0.2) is 24.3 Å². The summed E-state index contributed by atoms with van der Waals surface area (Å²) in [5.41, 5.74) is 0.206. The van der Waals surface area contributed by atoms with Crippen LogP contribution < -0.4 is 0 Å². The molecule has 0 saturated heterocycles. The van der Waals surface area contributed by atoms with Gasteiger partial charge in [0.15, 0.2) is 0 Å². The first kappa shape index (κ1) is 11.7. The maximum absolute atomic E-state index is 13.3. The van der Waals surface area contributed by atoms with Crippen LogP contribution >= 0.6 is 0 Å². The molecule has 1 aromatic carbocycles. The Morgan fingerprint density at radius 3 is 2.67 bits per heavy atom. The van der Waals surface area contributed by atoms with E-state index >= 15 is 0 Å². The Hall–Kier alpha value is -1.40. The SMILES string of the molecule is CCCC(C#N)C(O)c1ccccc1F. The number of halogens is 1. The van der Waals surface area contributed by atoms with Crippen molar-refractivity contribution in [3.05, 3.63) is 35.6 Å². The lowest BCUT2D eigenvalue weighted by Crippen LogP contribution is -2.12. The molecule has 1 N–H and O–H groups in total. The highest BCUT2D eigenvalue weighted by Gasteiger charge is 2.22. The highest BCUT2D eigenvalue weighted by atomic mass is 19.1. The molecule has 0 aliphatic heterocycles. The molecule has 2 atom stereocenters. The van der Waals surface area contributed by atoms with Crippen LogP contribution in [-0.2, 0) is 0 Å². The van der Waals surface area contributed by atoms with E-state index in [2.05, 4.69) is 0 Å². The Labute approximate surface area is 89.0 Å². The minimum Gasteiger partial charge on any atom is -0.387 e. The molecule has 0 bridgehead atoms. The lowest BCUT2D eigenvalue weighted by Gasteiger charge is -2.16. The normalized spacial score (nSPS) is 14.3. The molecule has 0 spiro atoms. The quantitative estimate of drug-likeness (QED) is 0.825. The summed E-state index contributed by atoms with van der Waals surface area (Å²) in [4.78, 5) is 0. The first-order valence-electron chi connectivity index (χ1n) is 5.02. The molecule has 80 valence electrons. The van der Waals surface area contributed by atoms with Gasteiger partial charge >= 0.3 is 0 Å². The fraction of sp³-hybridized carbons (Fsp3) is 0.417. The minimum atomic E-state index is -1.03. The summed E-state index contributed by atoms with van der Waals surface area (Å²) in [6.45, 7) is 1.93. The number of rotatable bonds is 4. The van der Waals surface area contributed by atoms with Gasteiger partial charge in [-0.25, -0.2) is 4.39 Å². The lowest BCUT2D eigenvalue weighted by molar-refractivity contribution is 0.126. The van der Waals surface area contributed by atoms with Gasteiger partial charge in [0.05, 0.1) is 18.1 Å². The lowest BCUT2D eigenvalue weighted by atomic mass is 9.93. The summed E-state index contributed by atoms with van der Waals surface area (Å²) in [6.07, 6.45) is 0.339. The Kier molecular flexibility index (Phi) is 4.26. The van der Waals surface area contributed by atoms with Crippen LogP contribution in [0.25, 0.3) is 0 Å². The third-order valence-electron chi connectivity index (χ3n) is 2.37. The van der Waals surface area contributed by atoms with Crippen LogP contribution in [0.3, 0.4) is 0 Å². The molecule has 0 fully saturated rings. The van der Waals surface area contributed by atoms with Crippen LogP contribution in [0.5, 0.6) is 0 Å². The van der Waals surface area contributed by atoms with E-state index in [1.165, 1.54) is 12.1 Å². The van der Waals surface area contributed by atoms with Crippen LogP contribution in [0.4, 0.5) is 4.39 Å². The van der Waals surface area contributed by atoms with E-state index in [1.807, 2.05) is 13.0 Å². The Bertz CT molecular complexity index is 359. The van der Waals surface area contributed by atoms with Gasteiger partial charge in [0.25, 0.3) is 0 Å². The Morgan fingerprint density at radius 1 is 1.47 bits per heavy atom. The van der Waals surface area contributed by atoms with Gasteiger partial charge in [-0.05, 0) is 12.5 Å². The second-order valence-corrected chi connectivity index (χ2v) is 3.49. The average Bonchev–Trinajstić information content (AvgIpc) is 2.25. The standard InChI is InChI=1S/C12H14FNO/c1-2-5-9(8-14)12(15)10-6-3-4-7-11(10)13/h3-4,6-7,9,12,15H,2,5H2,1H3. The third-order valence-corrected chi connectivity index (χ3v) is 2.37. The van der Waals surface area contributed by atoms with Gasteiger partial charge in [-0.1, -0.05) is 31.5 Å². The van der Waals surface area contributed by atoms with Gasteiger partial charge in [-0.2, -0.15) is 5.26 Å². The zero-order valence-corrected chi connectivity index (χ0v) is 8.65. The van der Waals surface area contributed by atoms with E-state index < -0.39 is 17.8 Å². The fourth-order valence-electron chi connectivity index (χ4n) is 1.54. The molecule has 2 nitrogen and oxygen atoms in total. The number of benzene rings is 1. The zero-order valence-electron chi connectivity index (χ0n) is 8.65. The number of nitrogens with zero attached hydrogens (tertiary/aromatic N) is 1. The van der Waals surface area contributed by atoms with E-state index in [4.69, 9.17) is 5.26 Å². The summed E-state index contributed by atoms with van der Waals surface area (Å²) in [7, 11) is 0. The molecule has 15 heavy (non-hydrogen) atoms. The van der Waals surface area contributed by atoms with Crippen molar-refractivity contribution in [1.82, 2.24) is 0 Å². The van der Waals surface area contributed by atoms with E-state index in [0.29, 0.717) is 6.42 Å². The predicted octanol–water partition coefficient (Wildman–Crippen LogP) is 2.80. The van der Waals surface area contributed by atoms with E-state index in [0.717, 1.165) is 6.42 Å². The van der Waals surface area contributed by atoms with E-state index in [9.17, 15) is 9.50 Å². The van der Waals surface area contributed by atoms with E-state index in [-0.39, 0.29) is 5.56 Å². The molecular formula is C12H14FNO. The van der Waals surface area contributed by atoms with Gasteiger partial charge in [0, 0.05) is 5.56 Å². The van der Waals surface area contributed by atoms with Crippen molar-refractivity contribution >= 4 is 0 Å². The maximum atomic E-state index is 13.3. The van der Waals surface area contributed by atoms with Crippen molar-refractivity contribution in [3.8, 4) is 6.07 Å². The molecule has 0 aliphatic rings. The van der Waals surface area contributed by atoms with Gasteiger partial charge in [-0.3, -0.25) is 0 Å². The van der Waals surface area contributed by atoms with Crippen molar-refractivity contribution in [2.45, 2.75) is 25.9 Å². The molecule has 2 unspecified atom stereocenters. The molecule has 0 saturated carbocycles. The van der Waals surface area contributed by atoms with Crippen molar-refractivity contribution in [3.63, 3.8) is 0 Å². The zero-order chi connectivity index (χ0) is 11.3. The van der Waals surface area contributed by atoms with Gasteiger partial charge < -0.3 is 5.11 Å². The van der Waals surface area contributed by atoms with Crippen molar-refractivity contribution in [2.75, 3.05) is 0 Å². The number of aliphatic hydroxyl groups excluding tert-OH is 1. The molecule has 0 radical (unpaired) electrons. The monoisotopic (exact) mass is 207 g/mol. The van der Waals surface area contributed by atoms with Crippen molar-refractivity contribution in [2.24, 2.45) is 5.92 Å². The smallest absolute Gasteiger partial charge is 0.129 e. The fourth-order valence-corrected chi connectivity index (χ4v) is 1.54. The Morgan fingerprint density at radius 2 is 2.13 bits per heavy atom. The number of hydrogen-bond donors (Lipinski definition) is 1. The van der Waals surface area contributed by atoms with Crippen LogP contribution in [0.2, 0.25) is 0 Å². The first-order chi connectivity index (χ1) is 7.20. The molecule has 1 aromatic rings. The van der Waals surface area contributed by atoms with Crippen molar-refractivity contribution < 1.29 is 9.50 Å². The topological polar surface area (TPSA) is 44.0 Å². The second kappa shape index (κ2) is 5.47. The summed E-state index contributed by atoms with van der Waals surface area (Å²) in [5, 5.41) is 18.7.